The molecule has 0 saturated heterocycles. The maximum atomic E-state index is 17.1. The summed E-state index contributed by atoms with van der Waals surface area (Å²) >= 11 is 0. The lowest BCUT2D eigenvalue weighted by Crippen LogP contribution is -2.21. The van der Waals surface area contributed by atoms with Crippen LogP contribution in [0.25, 0.3) is 44.5 Å². The SMILES string of the molecule is CC(C)(c1ccc(O)cc1)c1ccc(OC(=O)c2c(-c3ccc(C(C)(C)c4ccc(O)cc4)cc3)c(-c3ccc(C(C)(C)c4ccc(O)cc4)cc3)c(C(=O)Oc3ccc(C(C)(C)c4ccc(O)cc4)cc3)c(-c3ccc(C(C)(C)c4ccc(O)cc4)cc3)c2-c2ccc(C(C)(C)c3ccc(O)cc3)cc2)cc1. The van der Waals surface area contributed by atoms with Crippen LogP contribution in [0.5, 0.6) is 46.0 Å². The number of ether oxygens (including phenoxy) is 2. The summed E-state index contributed by atoms with van der Waals surface area (Å²) < 4.78 is 13.8. The van der Waals surface area contributed by atoms with Crippen LogP contribution in [0.4, 0.5) is 0 Å². The van der Waals surface area contributed by atoms with Gasteiger partial charge in [0.25, 0.3) is 0 Å². The van der Waals surface area contributed by atoms with E-state index >= 15 is 9.59 Å². The number of phenolic OH excluding ortho intramolecular Hbond substituents is 6. The first-order chi connectivity index (χ1) is 51.3. The van der Waals surface area contributed by atoms with E-state index in [-0.39, 0.29) is 57.1 Å². The Morgan fingerprint density at radius 2 is 0.315 bits per heavy atom. The van der Waals surface area contributed by atoms with Crippen LogP contribution in [0.3, 0.4) is 0 Å². The number of rotatable bonds is 20. The monoisotopic (exact) mass is 1430 g/mol. The number of phenols is 6. The Hall–Kier alpha value is -12.4. The van der Waals surface area contributed by atoms with E-state index in [1.54, 1.807) is 97.1 Å². The van der Waals surface area contributed by atoms with Gasteiger partial charge in [-0.3, -0.25) is 0 Å². The number of hydrogen-bond donors (Lipinski definition) is 6. The van der Waals surface area contributed by atoms with Gasteiger partial charge in [0, 0.05) is 54.7 Å². The van der Waals surface area contributed by atoms with Crippen molar-refractivity contribution >= 4 is 11.9 Å². The van der Waals surface area contributed by atoms with Gasteiger partial charge in [-0.2, -0.15) is 0 Å². The van der Waals surface area contributed by atoms with Crippen molar-refractivity contribution in [2.24, 2.45) is 0 Å². The van der Waals surface area contributed by atoms with Crippen LogP contribution < -0.4 is 9.47 Å². The fraction of sp³-hybridized carbons (Fsp3) is 0.184. The quantitative estimate of drug-likeness (QED) is 0.0318. The standard InChI is InChI=1S/C98H90O10/c1-93(2,69-29-45-77(99)46-30-69)65-21-13-61(14-22-65)85-86(62-15-23-66(24-16-62)94(3,4)70-31-47-78(100)48-32-70)90(92(106)108-84-59-43-76(44-60-84)98(11,12)74-39-55-82(104)56-40-74)88(64-19-27-68(28-20-64)96(7,8)72-35-51-80(102)52-36-72)87(63-17-25-67(26-18-63)95(5,6)71-33-49-79(101)50-34-71)89(85)91(105)107-83-57-41-75(42-58-83)97(9,10)73-37-53-81(103)54-38-73/h13-60,99-104H,1-12H3. The molecule has 10 nitrogen and oxygen atoms in total. The predicted octanol–water partition coefficient (Wildman–Crippen LogP) is 23.0. The zero-order valence-electron chi connectivity index (χ0n) is 63.0. The smallest absolute Gasteiger partial charge is 0.344 e. The molecule has 0 amide bonds. The maximum absolute atomic E-state index is 17.1. The second-order valence-electron chi connectivity index (χ2n) is 31.4. The van der Waals surface area contributed by atoms with Crippen molar-refractivity contribution in [3.05, 3.63) is 369 Å². The minimum absolute atomic E-state index is 0.143. The molecule has 13 rings (SSSR count). The van der Waals surface area contributed by atoms with E-state index in [4.69, 9.17) is 9.47 Å². The van der Waals surface area contributed by atoms with E-state index in [0.29, 0.717) is 44.5 Å². The Morgan fingerprint density at radius 1 is 0.194 bits per heavy atom. The highest BCUT2D eigenvalue weighted by Gasteiger charge is 2.38. The van der Waals surface area contributed by atoms with Gasteiger partial charge in [-0.05, 0) is 186 Å². The van der Waals surface area contributed by atoms with E-state index in [0.717, 1.165) is 66.8 Å². The van der Waals surface area contributed by atoms with Crippen molar-refractivity contribution in [3.8, 4) is 90.5 Å². The highest BCUT2D eigenvalue weighted by Crippen LogP contribution is 2.52. The van der Waals surface area contributed by atoms with Gasteiger partial charge in [-0.1, -0.05) is 277 Å². The summed E-state index contributed by atoms with van der Waals surface area (Å²) in [6.07, 6.45) is 0. The molecule has 108 heavy (non-hydrogen) atoms. The number of carbonyl (C=O) groups is 2. The summed E-state index contributed by atoms with van der Waals surface area (Å²) in [7, 11) is 0. The number of hydrogen-bond acceptors (Lipinski definition) is 10. The first-order valence-corrected chi connectivity index (χ1v) is 36.4. The predicted molar refractivity (Wildman–Crippen MR) is 432 cm³/mol. The second kappa shape index (κ2) is 28.8. The number of esters is 2. The van der Waals surface area contributed by atoms with Crippen LogP contribution in [-0.2, 0) is 32.5 Å². The van der Waals surface area contributed by atoms with Crippen LogP contribution in [0.2, 0.25) is 0 Å². The molecular formula is C98H90O10. The summed E-state index contributed by atoms with van der Waals surface area (Å²) in [6.45, 7) is 25.3. The molecule has 0 heterocycles. The van der Waals surface area contributed by atoms with Crippen molar-refractivity contribution in [2.45, 2.75) is 116 Å². The molecule has 0 aliphatic heterocycles. The van der Waals surface area contributed by atoms with Crippen LogP contribution in [-0.4, -0.2) is 42.6 Å². The summed E-state index contributed by atoms with van der Waals surface area (Å²) in [4.78, 5) is 34.1. The fourth-order valence-electron chi connectivity index (χ4n) is 15.0. The third kappa shape index (κ3) is 14.5. The topological polar surface area (TPSA) is 174 Å². The van der Waals surface area contributed by atoms with Gasteiger partial charge in [0.1, 0.15) is 46.0 Å². The number of carbonyl (C=O) groups excluding carboxylic acids is 2. The second-order valence-corrected chi connectivity index (χ2v) is 31.4. The zero-order chi connectivity index (χ0) is 76.8. The van der Waals surface area contributed by atoms with Gasteiger partial charge in [0.15, 0.2) is 0 Å². The third-order valence-corrected chi connectivity index (χ3v) is 22.6. The Morgan fingerprint density at radius 3 is 0.454 bits per heavy atom. The van der Waals surface area contributed by atoms with Gasteiger partial charge in [-0.15, -0.1) is 0 Å². The highest BCUT2D eigenvalue weighted by molar-refractivity contribution is 6.20. The zero-order valence-corrected chi connectivity index (χ0v) is 63.0. The lowest BCUT2D eigenvalue weighted by molar-refractivity contribution is 0.0723. The molecule has 13 aromatic rings. The molecule has 0 saturated carbocycles. The van der Waals surface area contributed by atoms with Crippen LogP contribution in [0.15, 0.2) is 291 Å². The molecule has 0 fully saturated rings. The van der Waals surface area contributed by atoms with Crippen molar-refractivity contribution in [2.75, 3.05) is 0 Å². The molecule has 0 aromatic heterocycles. The number of aromatic hydroxyl groups is 6. The van der Waals surface area contributed by atoms with Crippen molar-refractivity contribution in [3.63, 3.8) is 0 Å². The van der Waals surface area contributed by atoms with Crippen molar-refractivity contribution < 1.29 is 49.7 Å². The van der Waals surface area contributed by atoms with Gasteiger partial charge >= 0.3 is 11.9 Å². The van der Waals surface area contributed by atoms with E-state index in [2.05, 4.69) is 83.1 Å². The Labute approximate surface area is 633 Å². The van der Waals surface area contributed by atoms with Gasteiger partial charge in [0.05, 0.1) is 11.1 Å². The molecule has 0 aliphatic carbocycles. The normalized spacial score (nSPS) is 12.2. The fourth-order valence-corrected chi connectivity index (χ4v) is 15.0. The van der Waals surface area contributed by atoms with Crippen LogP contribution in [0, 0.1) is 0 Å². The Kier molecular flexibility index (Phi) is 19.7. The molecule has 0 bridgehead atoms. The summed E-state index contributed by atoms with van der Waals surface area (Å²) in [5.41, 5.74) is 11.9. The van der Waals surface area contributed by atoms with E-state index in [1.165, 1.54) is 0 Å². The lowest BCUT2D eigenvalue weighted by Gasteiger charge is -2.30. The van der Waals surface area contributed by atoms with Crippen LogP contribution >= 0.6 is 0 Å². The van der Waals surface area contributed by atoms with Gasteiger partial charge < -0.3 is 40.1 Å². The average molecular weight is 1430 g/mol. The minimum Gasteiger partial charge on any atom is -0.508 e. The van der Waals surface area contributed by atoms with Crippen LogP contribution in [0.1, 0.15) is 171 Å². The molecular weight excluding hydrogens is 1340 g/mol. The molecule has 0 unspecified atom stereocenters. The van der Waals surface area contributed by atoms with E-state index in [9.17, 15) is 30.6 Å². The van der Waals surface area contributed by atoms with Crippen molar-refractivity contribution in [1.82, 2.24) is 0 Å². The molecule has 542 valence electrons. The Balaban J connectivity index is 1.13. The molecule has 6 N–H and O–H groups in total. The Bertz CT molecular complexity index is 4830. The maximum Gasteiger partial charge on any atom is 0.344 e. The molecule has 13 aromatic carbocycles. The van der Waals surface area contributed by atoms with E-state index in [1.807, 2.05) is 194 Å². The summed E-state index contributed by atoms with van der Waals surface area (Å²) in [5, 5.41) is 62.4. The van der Waals surface area contributed by atoms with Crippen molar-refractivity contribution in [1.29, 1.82) is 0 Å². The third-order valence-electron chi connectivity index (χ3n) is 22.6. The molecule has 0 spiro atoms. The largest absolute Gasteiger partial charge is 0.508 e. The minimum atomic E-state index is -0.725. The van der Waals surface area contributed by atoms with E-state index < -0.39 is 44.4 Å². The molecule has 0 aliphatic rings. The molecule has 0 radical (unpaired) electrons. The molecule has 10 heteroatoms. The number of benzene rings is 13. The average Bonchev–Trinajstić information content (AvgIpc) is 0.713. The summed E-state index contributed by atoms with van der Waals surface area (Å²) in [6, 6.07) is 90.2. The van der Waals surface area contributed by atoms with Gasteiger partial charge in [-0.25, -0.2) is 9.59 Å². The highest BCUT2D eigenvalue weighted by atomic mass is 16.5. The first-order valence-electron chi connectivity index (χ1n) is 36.4. The first kappa shape index (κ1) is 73.9. The summed E-state index contributed by atoms with van der Waals surface area (Å²) in [5.74, 6) is -0.0435. The molecule has 0 atom stereocenters. The lowest BCUT2D eigenvalue weighted by atomic mass is 9.74. The van der Waals surface area contributed by atoms with Gasteiger partial charge in [0.2, 0.25) is 0 Å².